The van der Waals surface area contributed by atoms with Gasteiger partial charge in [0.05, 0.1) is 12.6 Å². The zero-order valence-electron chi connectivity index (χ0n) is 19.0. The predicted molar refractivity (Wildman–Crippen MR) is 121 cm³/mol. The number of carbonyl (C=O) groups excluding carboxylic acids is 1. The molecule has 0 spiro atoms. The summed E-state index contributed by atoms with van der Waals surface area (Å²) in [6.07, 6.45) is 3.68. The molecule has 1 aromatic carbocycles. The standard InChI is InChI=1S/C24H31FN4O3/c1-16(12-17(2)30)18-4-6-19(7-5-18)32-21-9-11-29(14-21)24-22(25)23(26-15-27-24)28-10-8-20(13-28)31-3/h4-7,15-16,20-21H,8-14H2,1-3H3/t16-,20-,21-/m1/s1. The number of ether oxygens (including phenoxy) is 2. The smallest absolute Gasteiger partial charge is 0.208 e. The van der Waals surface area contributed by atoms with Crippen molar-refractivity contribution < 1.29 is 18.7 Å². The maximum absolute atomic E-state index is 15.3. The Morgan fingerprint density at radius 2 is 1.69 bits per heavy atom. The molecular formula is C24H31FN4O3. The number of hydrogen-bond donors (Lipinski definition) is 0. The molecule has 0 aliphatic carbocycles. The molecule has 8 heteroatoms. The van der Waals surface area contributed by atoms with Crippen molar-refractivity contribution >= 4 is 17.4 Å². The lowest BCUT2D eigenvalue weighted by molar-refractivity contribution is -0.117. The maximum atomic E-state index is 15.3. The number of hydrogen-bond acceptors (Lipinski definition) is 7. The lowest BCUT2D eigenvalue weighted by atomic mass is 9.96. The average molecular weight is 443 g/mol. The van der Waals surface area contributed by atoms with E-state index in [-0.39, 0.29) is 29.7 Å². The van der Waals surface area contributed by atoms with E-state index >= 15 is 4.39 Å². The first-order valence-electron chi connectivity index (χ1n) is 11.2. The number of carbonyl (C=O) groups is 1. The molecule has 4 rings (SSSR count). The molecule has 2 aromatic rings. The Morgan fingerprint density at radius 1 is 1.09 bits per heavy atom. The van der Waals surface area contributed by atoms with Crippen LogP contribution in [0.1, 0.15) is 44.6 Å². The van der Waals surface area contributed by atoms with E-state index in [0.717, 1.165) is 30.7 Å². The molecule has 2 fully saturated rings. The Morgan fingerprint density at radius 3 is 2.25 bits per heavy atom. The number of ketones is 1. The van der Waals surface area contributed by atoms with Crippen LogP contribution >= 0.6 is 0 Å². The van der Waals surface area contributed by atoms with Crippen LogP contribution in [0.3, 0.4) is 0 Å². The van der Waals surface area contributed by atoms with E-state index in [9.17, 15) is 4.79 Å². The van der Waals surface area contributed by atoms with Crippen molar-refractivity contribution in [3.8, 4) is 5.75 Å². The molecular weight excluding hydrogens is 411 g/mol. The summed E-state index contributed by atoms with van der Waals surface area (Å²) in [5.74, 6) is 1.45. The zero-order chi connectivity index (χ0) is 22.7. The largest absolute Gasteiger partial charge is 0.489 e. The normalized spacial score (nSPS) is 21.8. The van der Waals surface area contributed by atoms with Crippen molar-refractivity contribution in [2.75, 3.05) is 43.1 Å². The molecule has 0 N–H and O–H groups in total. The highest BCUT2D eigenvalue weighted by molar-refractivity contribution is 5.76. The van der Waals surface area contributed by atoms with Crippen LogP contribution in [-0.4, -0.2) is 61.2 Å². The SMILES string of the molecule is CO[C@@H]1CCN(c2ncnc(N3CC[C@@H](Oc4ccc([C@H](C)CC(C)=O)cc4)C3)c2F)C1. The molecule has 0 unspecified atom stereocenters. The Labute approximate surface area is 188 Å². The van der Waals surface area contributed by atoms with Gasteiger partial charge in [-0.3, -0.25) is 0 Å². The van der Waals surface area contributed by atoms with E-state index in [1.165, 1.54) is 6.33 Å². The number of methoxy groups -OCH3 is 1. The molecule has 0 amide bonds. The van der Waals surface area contributed by atoms with Crippen molar-refractivity contribution in [2.45, 2.75) is 51.2 Å². The van der Waals surface area contributed by atoms with Crippen molar-refractivity contribution in [3.63, 3.8) is 0 Å². The van der Waals surface area contributed by atoms with Crippen LogP contribution in [0.15, 0.2) is 30.6 Å². The summed E-state index contributed by atoms with van der Waals surface area (Å²) >= 11 is 0. The summed E-state index contributed by atoms with van der Waals surface area (Å²) < 4.78 is 26.8. The van der Waals surface area contributed by atoms with E-state index in [0.29, 0.717) is 37.7 Å². The van der Waals surface area contributed by atoms with Crippen LogP contribution in [0.25, 0.3) is 0 Å². The third-order valence-corrected chi connectivity index (χ3v) is 6.32. The molecule has 7 nitrogen and oxygen atoms in total. The predicted octanol–water partition coefficient (Wildman–Crippen LogP) is 3.58. The molecule has 3 atom stereocenters. The summed E-state index contributed by atoms with van der Waals surface area (Å²) in [6.45, 7) is 6.26. The Balaban J connectivity index is 1.38. The summed E-state index contributed by atoms with van der Waals surface area (Å²) in [5, 5.41) is 0. The van der Waals surface area contributed by atoms with Gasteiger partial charge in [-0.1, -0.05) is 19.1 Å². The van der Waals surface area contributed by atoms with Gasteiger partial charge in [-0.2, -0.15) is 4.39 Å². The van der Waals surface area contributed by atoms with Crippen LogP contribution in [-0.2, 0) is 9.53 Å². The van der Waals surface area contributed by atoms with E-state index in [2.05, 4.69) is 9.97 Å². The lowest BCUT2D eigenvalue weighted by Gasteiger charge is -2.22. The second kappa shape index (κ2) is 9.81. The Kier molecular flexibility index (Phi) is 6.89. The molecule has 2 aliphatic rings. The zero-order valence-corrected chi connectivity index (χ0v) is 19.0. The summed E-state index contributed by atoms with van der Waals surface area (Å²) in [5.41, 5.74) is 1.12. The van der Waals surface area contributed by atoms with Gasteiger partial charge >= 0.3 is 0 Å². The fraction of sp³-hybridized carbons (Fsp3) is 0.542. The lowest BCUT2D eigenvalue weighted by Crippen LogP contribution is -2.28. The Bertz CT molecular complexity index is 939. The molecule has 32 heavy (non-hydrogen) atoms. The monoisotopic (exact) mass is 442 g/mol. The minimum atomic E-state index is -0.381. The maximum Gasteiger partial charge on any atom is 0.208 e. The summed E-state index contributed by atoms with van der Waals surface area (Å²) in [6, 6.07) is 7.90. The van der Waals surface area contributed by atoms with Crippen LogP contribution in [0.2, 0.25) is 0 Å². The average Bonchev–Trinajstić information content (AvgIpc) is 3.43. The van der Waals surface area contributed by atoms with Crippen LogP contribution in [0, 0.1) is 5.82 Å². The van der Waals surface area contributed by atoms with Crippen molar-refractivity contribution in [1.82, 2.24) is 9.97 Å². The fourth-order valence-electron chi connectivity index (χ4n) is 4.54. The first-order chi connectivity index (χ1) is 15.4. The molecule has 0 bridgehead atoms. The van der Waals surface area contributed by atoms with Gasteiger partial charge in [-0.15, -0.1) is 0 Å². The van der Waals surface area contributed by atoms with E-state index < -0.39 is 0 Å². The molecule has 2 aliphatic heterocycles. The van der Waals surface area contributed by atoms with Crippen molar-refractivity contribution in [1.29, 1.82) is 0 Å². The first kappa shape index (κ1) is 22.5. The highest BCUT2D eigenvalue weighted by atomic mass is 19.1. The number of rotatable bonds is 8. The molecule has 0 saturated carbocycles. The molecule has 0 radical (unpaired) electrons. The molecule has 2 saturated heterocycles. The van der Waals surface area contributed by atoms with Gasteiger partial charge in [0, 0.05) is 39.6 Å². The molecule has 172 valence electrons. The van der Waals surface area contributed by atoms with Gasteiger partial charge < -0.3 is 24.1 Å². The quantitative estimate of drug-likeness (QED) is 0.619. The van der Waals surface area contributed by atoms with Gasteiger partial charge in [0.1, 0.15) is 24.0 Å². The number of nitrogens with zero attached hydrogens (tertiary/aromatic N) is 4. The number of halogens is 1. The van der Waals surface area contributed by atoms with E-state index in [1.54, 1.807) is 14.0 Å². The van der Waals surface area contributed by atoms with Crippen LogP contribution in [0.4, 0.5) is 16.0 Å². The summed E-state index contributed by atoms with van der Waals surface area (Å²) in [7, 11) is 1.68. The van der Waals surface area contributed by atoms with E-state index in [1.807, 2.05) is 41.0 Å². The highest BCUT2D eigenvalue weighted by Gasteiger charge is 2.31. The Hall–Kier alpha value is -2.74. The topological polar surface area (TPSA) is 67.8 Å². The fourth-order valence-corrected chi connectivity index (χ4v) is 4.54. The summed E-state index contributed by atoms with van der Waals surface area (Å²) in [4.78, 5) is 23.6. The van der Waals surface area contributed by atoms with Gasteiger partial charge in [-0.25, -0.2) is 9.97 Å². The number of anilines is 2. The van der Waals surface area contributed by atoms with Gasteiger partial charge in [0.15, 0.2) is 11.6 Å². The minimum Gasteiger partial charge on any atom is -0.489 e. The van der Waals surface area contributed by atoms with Gasteiger partial charge in [0.2, 0.25) is 5.82 Å². The molecule has 1 aromatic heterocycles. The van der Waals surface area contributed by atoms with Crippen molar-refractivity contribution in [2.24, 2.45) is 0 Å². The first-order valence-corrected chi connectivity index (χ1v) is 11.2. The highest BCUT2D eigenvalue weighted by Crippen LogP contribution is 2.30. The third-order valence-electron chi connectivity index (χ3n) is 6.32. The van der Waals surface area contributed by atoms with E-state index in [4.69, 9.17) is 9.47 Å². The number of benzene rings is 1. The minimum absolute atomic E-state index is 0.0435. The van der Waals surface area contributed by atoms with Crippen LogP contribution < -0.4 is 14.5 Å². The third kappa shape index (κ3) is 5.01. The second-order valence-corrected chi connectivity index (χ2v) is 8.78. The second-order valence-electron chi connectivity index (χ2n) is 8.78. The van der Waals surface area contributed by atoms with Crippen LogP contribution in [0.5, 0.6) is 5.75 Å². The molecule has 3 heterocycles. The van der Waals surface area contributed by atoms with Gasteiger partial charge in [0.25, 0.3) is 0 Å². The van der Waals surface area contributed by atoms with Gasteiger partial charge in [-0.05, 0) is 37.0 Å². The number of aromatic nitrogens is 2. The van der Waals surface area contributed by atoms with Crippen molar-refractivity contribution in [3.05, 3.63) is 42.0 Å². The number of Topliss-reactive ketones (excluding diaryl/α,β-unsaturated/α-hetero) is 1.